The van der Waals surface area contributed by atoms with Gasteiger partial charge in [0.05, 0.1) is 0 Å². The summed E-state index contributed by atoms with van der Waals surface area (Å²) in [6.07, 6.45) is -0.656. The van der Waals surface area contributed by atoms with E-state index < -0.39 is 35.2 Å². The lowest BCUT2D eigenvalue weighted by atomic mass is 10.0. The molecule has 17 heavy (non-hydrogen) atoms. The summed E-state index contributed by atoms with van der Waals surface area (Å²) in [7, 11) is 0. The van der Waals surface area contributed by atoms with Crippen molar-refractivity contribution in [2.24, 2.45) is 0 Å². The Morgan fingerprint density at radius 2 is 1.76 bits per heavy atom. The molecule has 0 saturated carbocycles. The number of carbonyl (C=O) groups excluding carboxylic acids is 1. The predicted molar refractivity (Wildman–Crippen MR) is 59.0 cm³/mol. The molecule has 0 atom stereocenters. The summed E-state index contributed by atoms with van der Waals surface area (Å²) in [6.45, 7) is 0. The maximum Gasteiger partial charge on any atom is 0.309 e. The normalized spacial score (nSPS) is 11.5. The van der Waals surface area contributed by atoms with E-state index in [0.717, 1.165) is 18.2 Å². The quantitative estimate of drug-likeness (QED) is 0.635. The summed E-state index contributed by atoms with van der Waals surface area (Å²) in [5.74, 6) is -5.83. The highest BCUT2D eigenvalue weighted by molar-refractivity contribution is 6.17. The number of benzene rings is 1. The van der Waals surface area contributed by atoms with Crippen molar-refractivity contribution in [3.8, 4) is 11.5 Å². The molecule has 0 aliphatic heterocycles. The van der Waals surface area contributed by atoms with Crippen LogP contribution in [0.5, 0.6) is 11.5 Å². The van der Waals surface area contributed by atoms with Crippen LogP contribution in [-0.4, -0.2) is 27.8 Å². The average Bonchev–Trinajstić information content (AvgIpc) is 2.24. The second-order valence-corrected chi connectivity index (χ2v) is 3.94. The third-order valence-corrected chi connectivity index (χ3v) is 2.39. The number of phenols is 2. The van der Waals surface area contributed by atoms with Gasteiger partial charge in [0.1, 0.15) is 11.5 Å². The Morgan fingerprint density at radius 1 is 1.24 bits per heavy atom. The van der Waals surface area contributed by atoms with Crippen molar-refractivity contribution in [2.45, 2.75) is 18.8 Å². The zero-order valence-electron chi connectivity index (χ0n) is 8.79. The minimum absolute atomic E-state index is 0.00505. The smallest absolute Gasteiger partial charge is 0.309 e. The van der Waals surface area contributed by atoms with Crippen molar-refractivity contribution in [1.82, 2.24) is 0 Å². The number of aromatic hydroxyl groups is 2. The molecule has 2 N–H and O–H groups in total. The number of rotatable bonds is 5. The first kappa shape index (κ1) is 13.7. The van der Waals surface area contributed by atoms with Gasteiger partial charge in [-0.05, 0) is 18.6 Å². The van der Waals surface area contributed by atoms with Crippen LogP contribution in [0.4, 0.5) is 8.78 Å². The van der Waals surface area contributed by atoms with Crippen LogP contribution < -0.4 is 0 Å². The maximum absolute atomic E-state index is 13.4. The first-order valence-corrected chi connectivity index (χ1v) is 5.42. The minimum Gasteiger partial charge on any atom is -0.508 e. The number of halogens is 3. The molecule has 0 aliphatic rings. The van der Waals surface area contributed by atoms with Gasteiger partial charge < -0.3 is 10.2 Å². The van der Waals surface area contributed by atoms with Crippen LogP contribution in [0.3, 0.4) is 0 Å². The molecule has 0 fully saturated rings. The van der Waals surface area contributed by atoms with Crippen molar-refractivity contribution in [3.63, 3.8) is 0 Å². The van der Waals surface area contributed by atoms with Gasteiger partial charge in [0.2, 0.25) is 5.78 Å². The van der Waals surface area contributed by atoms with Gasteiger partial charge in [0.15, 0.2) is 0 Å². The molecule has 3 nitrogen and oxygen atoms in total. The van der Waals surface area contributed by atoms with Crippen molar-refractivity contribution >= 4 is 17.4 Å². The number of ketones is 1. The van der Waals surface area contributed by atoms with Gasteiger partial charge in [-0.3, -0.25) is 4.79 Å². The Labute approximate surface area is 102 Å². The van der Waals surface area contributed by atoms with Gasteiger partial charge >= 0.3 is 5.92 Å². The van der Waals surface area contributed by atoms with E-state index in [-0.39, 0.29) is 12.3 Å². The first-order valence-electron chi connectivity index (χ1n) is 4.88. The summed E-state index contributed by atoms with van der Waals surface area (Å²) >= 11 is 5.28. The highest BCUT2D eigenvalue weighted by Crippen LogP contribution is 2.29. The van der Waals surface area contributed by atoms with Gasteiger partial charge in [-0.2, -0.15) is 8.78 Å². The number of hydrogen-bond acceptors (Lipinski definition) is 3. The van der Waals surface area contributed by atoms with E-state index in [0.29, 0.717) is 0 Å². The molecule has 0 heterocycles. The van der Waals surface area contributed by atoms with Crippen molar-refractivity contribution in [2.75, 3.05) is 5.88 Å². The average molecular weight is 265 g/mol. The van der Waals surface area contributed by atoms with E-state index in [9.17, 15) is 13.6 Å². The molecule has 6 heteroatoms. The summed E-state index contributed by atoms with van der Waals surface area (Å²) < 4.78 is 26.8. The molecule has 94 valence electrons. The number of hydrogen-bond donors (Lipinski definition) is 2. The van der Waals surface area contributed by atoms with E-state index in [1.807, 2.05) is 0 Å². The third-order valence-electron chi connectivity index (χ3n) is 2.12. The largest absolute Gasteiger partial charge is 0.508 e. The number of phenolic OH excluding ortho intramolecular Hbond substituents is 2. The topological polar surface area (TPSA) is 57.5 Å². The van der Waals surface area contributed by atoms with Crippen LogP contribution in [0.2, 0.25) is 0 Å². The van der Waals surface area contributed by atoms with Gasteiger partial charge in [-0.15, -0.1) is 11.6 Å². The maximum atomic E-state index is 13.4. The lowest BCUT2D eigenvalue weighted by Crippen LogP contribution is -2.28. The molecule has 1 aromatic carbocycles. The van der Waals surface area contributed by atoms with Gasteiger partial charge in [-0.1, -0.05) is 0 Å². The standard InChI is InChI=1S/C11H11ClF2O3/c12-3-1-2-11(13,14)10(17)7-4-8(15)6-9(16)5-7/h4-6,15-16H,1-3H2. The van der Waals surface area contributed by atoms with E-state index in [2.05, 4.69) is 0 Å². The molecule has 0 aliphatic carbocycles. The van der Waals surface area contributed by atoms with Crippen LogP contribution in [0.15, 0.2) is 18.2 Å². The molecule has 1 aromatic rings. The van der Waals surface area contributed by atoms with E-state index in [1.54, 1.807) is 0 Å². The number of Topliss-reactive ketones (excluding diaryl/α,β-unsaturated/α-hetero) is 1. The molecule has 1 rings (SSSR count). The molecular formula is C11H11ClF2O3. The highest BCUT2D eigenvalue weighted by Gasteiger charge is 2.38. The van der Waals surface area contributed by atoms with E-state index in [4.69, 9.17) is 21.8 Å². The Bertz CT molecular complexity index is 401. The van der Waals surface area contributed by atoms with Gasteiger partial charge in [-0.25, -0.2) is 0 Å². The fraction of sp³-hybridized carbons (Fsp3) is 0.364. The molecule has 0 bridgehead atoms. The van der Waals surface area contributed by atoms with Gasteiger partial charge in [0, 0.05) is 23.9 Å². The second kappa shape index (κ2) is 5.31. The SMILES string of the molecule is O=C(c1cc(O)cc(O)c1)C(F)(F)CCCCl. The van der Waals surface area contributed by atoms with Crippen LogP contribution >= 0.6 is 11.6 Å². The summed E-state index contributed by atoms with van der Waals surface area (Å²) in [5.41, 5.74) is -0.429. The third kappa shape index (κ3) is 3.56. The predicted octanol–water partition coefficient (Wildman–Crippen LogP) is 2.93. The molecule has 0 saturated heterocycles. The Kier molecular flexibility index (Phi) is 4.28. The van der Waals surface area contributed by atoms with E-state index in [1.165, 1.54) is 0 Å². The minimum atomic E-state index is -3.55. The van der Waals surface area contributed by atoms with Crippen LogP contribution in [0.25, 0.3) is 0 Å². The fourth-order valence-electron chi connectivity index (χ4n) is 1.34. The summed E-state index contributed by atoms with van der Waals surface area (Å²) in [6, 6.07) is 2.72. The van der Waals surface area contributed by atoms with Crippen molar-refractivity contribution in [1.29, 1.82) is 0 Å². The van der Waals surface area contributed by atoms with Crippen molar-refractivity contribution < 1.29 is 23.8 Å². The fourth-order valence-corrected chi connectivity index (χ4v) is 1.47. The Hall–Kier alpha value is -1.36. The summed E-state index contributed by atoms with van der Waals surface area (Å²) in [5, 5.41) is 18.2. The lowest BCUT2D eigenvalue weighted by molar-refractivity contribution is 0.00463. The molecule has 0 amide bonds. The van der Waals surface area contributed by atoms with Crippen LogP contribution in [-0.2, 0) is 0 Å². The first-order chi connectivity index (χ1) is 7.86. The molecule has 0 unspecified atom stereocenters. The highest BCUT2D eigenvalue weighted by atomic mass is 35.5. The van der Waals surface area contributed by atoms with E-state index >= 15 is 0 Å². The molecule has 0 spiro atoms. The molecular weight excluding hydrogens is 254 g/mol. The zero-order chi connectivity index (χ0) is 13.1. The summed E-state index contributed by atoms with van der Waals surface area (Å²) in [4.78, 5) is 11.5. The number of alkyl halides is 3. The molecule has 0 radical (unpaired) electrons. The Balaban J connectivity index is 2.95. The Morgan fingerprint density at radius 3 is 2.24 bits per heavy atom. The van der Waals surface area contributed by atoms with Crippen LogP contribution in [0.1, 0.15) is 23.2 Å². The number of carbonyl (C=O) groups is 1. The monoisotopic (exact) mass is 264 g/mol. The second-order valence-electron chi connectivity index (χ2n) is 3.56. The van der Waals surface area contributed by atoms with Crippen molar-refractivity contribution in [3.05, 3.63) is 23.8 Å². The van der Waals surface area contributed by atoms with Crippen LogP contribution in [0, 0.1) is 0 Å². The molecule has 0 aromatic heterocycles. The lowest BCUT2D eigenvalue weighted by Gasteiger charge is -2.14. The van der Waals surface area contributed by atoms with Gasteiger partial charge in [0.25, 0.3) is 0 Å². The zero-order valence-corrected chi connectivity index (χ0v) is 9.55.